The molecule has 1 aliphatic rings. The summed E-state index contributed by atoms with van der Waals surface area (Å²) in [5.41, 5.74) is -0.118. The molecule has 6 heteroatoms. The van der Waals surface area contributed by atoms with E-state index in [0.717, 1.165) is 19.4 Å². The molecule has 1 aromatic heterocycles. The van der Waals surface area contributed by atoms with E-state index in [1.165, 1.54) is 0 Å². The van der Waals surface area contributed by atoms with Gasteiger partial charge in [-0.2, -0.15) is 0 Å². The zero-order chi connectivity index (χ0) is 14.9. The summed E-state index contributed by atoms with van der Waals surface area (Å²) >= 11 is 0. The van der Waals surface area contributed by atoms with Crippen LogP contribution in [0.3, 0.4) is 0 Å². The first-order valence-corrected chi connectivity index (χ1v) is 7.17. The summed E-state index contributed by atoms with van der Waals surface area (Å²) in [7, 11) is 0. The van der Waals surface area contributed by atoms with Crippen molar-refractivity contribution in [3.05, 3.63) is 5.89 Å². The van der Waals surface area contributed by atoms with Crippen molar-refractivity contribution in [1.82, 2.24) is 15.1 Å². The highest BCUT2D eigenvalue weighted by atomic mass is 16.4. The van der Waals surface area contributed by atoms with Crippen LogP contribution >= 0.6 is 0 Å². The topological polar surface area (TPSA) is 71.3 Å². The van der Waals surface area contributed by atoms with Gasteiger partial charge in [-0.1, -0.05) is 5.10 Å². The molecule has 1 N–H and O–H groups in total. The molecule has 0 unspecified atom stereocenters. The molecule has 0 spiro atoms. The van der Waals surface area contributed by atoms with Gasteiger partial charge in [0.15, 0.2) is 0 Å². The molecule has 0 bridgehead atoms. The van der Waals surface area contributed by atoms with Gasteiger partial charge in [0.05, 0.1) is 5.92 Å². The lowest BCUT2D eigenvalue weighted by atomic mass is 9.90. The Labute approximate surface area is 119 Å². The molecule has 0 aliphatic carbocycles. The second kappa shape index (κ2) is 5.42. The van der Waals surface area contributed by atoms with Gasteiger partial charge >= 0.3 is 6.01 Å². The Bertz CT molecular complexity index is 478. The fraction of sp³-hybridized carbons (Fsp3) is 0.786. The lowest BCUT2D eigenvalue weighted by Gasteiger charge is -2.37. The Hall–Kier alpha value is -1.59. The van der Waals surface area contributed by atoms with Crippen molar-refractivity contribution in [2.75, 3.05) is 11.9 Å². The first kappa shape index (κ1) is 14.8. The van der Waals surface area contributed by atoms with Gasteiger partial charge in [-0.25, -0.2) is 0 Å². The van der Waals surface area contributed by atoms with E-state index in [2.05, 4.69) is 15.5 Å². The van der Waals surface area contributed by atoms with Crippen LogP contribution in [-0.4, -0.2) is 39.1 Å². The molecule has 20 heavy (non-hydrogen) atoms. The van der Waals surface area contributed by atoms with Crippen LogP contribution in [0.25, 0.3) is 0 Å². The van der Waals surface area contributed by atoms with Gasteiger partial charge in [-0.05, 0) is 40.5 Å². The molecule has 1 fully saturated rings. The molecule has 6 nitrogen and oxygen atoms in total. The molecule has 1 amide bonds. The second-order valence-electron chi connectivity index (χ2n) is 6.52. The van der Waals surface area contributed by atoms with E-state index in [9.17, 15) is 4.79 Å². The zero-order valence-corrected chi connectivity index (χ0v) is 12.9. The third-order valence-corrected chi connectivity index (χ3v) is 3.63. The number of nitrogens with zero attached hydrogens (tertiary/aromatic N) is 3. The summed E-state index contributed by atoms with van der Waals surface area (Å²) in [5, 5.41) is 11.4. The smallest absolute Gasteiger partial charge is 0.315 e. The SMILES string of the molecule is CC(=O)N1CCC[C@@H](c2nnc(NC(C)(C)C)o2)[C@H]1C. The van der Waals surface area contributed by atoms with E-state index in [-0.39, 0.29) is 23.4 Å². The summed E-state index contributed by atoms with van der Waals surface area (Å²) < 4.78 is 5.73. The highest BCUT2D eigenvalue weighted by Gasteiger charge is 2.34. The molecule has 1 aromatic rings. The monoisotopic (exact) mass is 280 g/mol. The summed E-state index contributed by atoms with van der Waals surface area (Å²) in [6.07, 6.45) is 1.95. The van der Waals surface area contributed by atoms with Crippen LogP contribution in [0.5, 0.6) is 0 Å². The number of carbonyl (C=O) groups is 1. The van der Waals surface area contributed by atoms with E-state index >= 15 is 0 Å². The summed E-state index contributed by atoms with van der Waals surface area (Å²) in [6, 6.07) is 0.545. The average Bonchev–Trinajstić information content (AvgIpc) is 2.74. The molecular formula is C14H24N4O2. The molecule has 0 aromatic carbocycles. The number of hydrogen-bond donors (Lipinski definition) is 1. The van der Waals surface area contributed by atoms with E-state index in [1.54, 1.807) is 6.92 Å². The average molecular weight is 280 g/mol. The number of amides is 1. The minimum Gasteiger partial charge on any atom is -0.408 e. The van der Waals surface area contributed by atoms with Crippen molar-refractivity contribution in [2.24, 2.45) is 0 Å². The minimum absolute atomic E-state index is 0.101. The first-order chi connectivity index (χ1) is 9.28. The Balaban J connectivity index is 2.13. The van der Waals surface area contributed by atoms with E-state index in [0.29, 0.717) is 11.9 Å². The summed E-state index contributed by atoms with van der Waals surface area (Å²) in [4.78, 5) is 13.5. The summed E-state index contributed by atoms with van der Waals surface area (Å²) in [5.74, 6) is 0.848. The highest BCUT2D eigenvalue weighted by Crippen LogP contribution is 2.32. The normalized spacial score (nSPS) is 23.8. The number of aromatic nitrogens is 2. The van der Waals surface area contributed by atoms with Crippen molar-refractivity contribution < 1.29 is 9.21 Å². The molecule has 0 radical (unpaired) electrons. The fourth-order valence-electron chi connectivity index (χ4n) is 2.67. The van der Waals surface area contributed by atoms with Gasteiger partial charge in [0.1, 0.15) is 0 Å². The fourth-order valence-corrected chi connectivity index (χ4v) is 2.67. The van der Waals surface area contributed by atoms with Crippen molar-refractivity contribution in [1.29, 1.82) is 0 Å². The van der Waals surface area contributed by atoms with Crippen LogP contribution in [0.15, 0.2) is 4.42 Å². The number of rotatable bonds is 2. The maximum Gasteiger partial charge on any atom is 0.315 e. The predicted molar refractivity (Wildman–Crippen MR) is 76.5 cm³/mol. The third-order valence-electron chi connectivity index (χ3n) is 3.63. The van der Waals surface area contributed by atoms with Crippen LogP contribution in [-0.2, 0) is 4.79 Å². The third kappa shape index (κ3) is 3.29. The van der Waals surface area contributed by atoms with Crippen molar-refractivity contribution >= 4 is 11.9 Å². The maximum absolute atomic E-state index is 11.6. The van der Waals surface area contributed by atoms with Crippen LogP contribution in [0.2, 0.25) is 0 Å². The molecule has 2 heterocycles. The number of carbonyl (C=O) groups excluding carboxylic acids is 1. The van der Waals surface area contributed by atoms with E-state index < -0.39 is 0 Å². The van der Waals surface area contributed by atoms with Gasteiger partial charge in [-0.15, -0.1) is 5.10 Å². The maximum atomic E-state index is 11.6. The van der Waals surface area contributed by atoms with Crippen LogP contribution in [0, 0.1) is 0 Å². The highest BCUT2D eigenvalue weighted by molar-refractivity contribution is 5.73. The first-order valence-electron chi connectivity index (χ1n) is 7.17. The number of piperidine rings is 1. The Morgan fingerprint density at radius 2 is 2.10 bits per heavy atom. The van der Waals surface area contributed by atoms with Gasteiger partial charge in [0, 0.05) is 25.0 Å². The molecular weight excluding hydrogens is 256 g/mol. The Morgan fingerprint density at radius 1 is 1.40 bits per heavy atom. The number of likely N-dealkylation sites (tertiary alicyclic amines) is 1. The number of nitrogens with one attached hydrogen (secondary N) is 1. The van der Waals surface area contributed by atoms with E-state index in [1.807, 2.05) is 32.6 Å². The zero-order valence-electron chi connectivity index (χ0n) is 12.9. The van der Waals surface area contributed by atoms with Gasteiger partial charge in [0.25, 0.3) is 0 Å². The largest absolute Gasteiger partial charge is 0.408 e. The molecule has 0 saturated carbocycles. The molecule has 2 rings (SSSR count). The lowest BCUT2D eigenvalue weighted by Crippen LogP contribution is -2.44. The van der Waals surface area contributed by atoms with E-state index in [4.69, 9.17) is 4.42 Å². The van der Waals surface area contributed by atoms with Crippen LogP contribution < -0.4 is 5.32 Å². The van der Waals surface area contributed by atoms with Gasteiger partial charge < -0.3 is 14.6 Å². The molecule has 112 valence electrons. The molecule has 1 saturated heterocycles. The number of anilines is 1. The predicted octanol–water partition coefficient (Wildman–Crippen LogP) is 2.39. The summed E-state index contributed by atoms with van der Waals surface area (Å²) in [6.45, 7) is 10.6. The van der Waals surface area contributed by atoms with Crippen LogP contribution in [0.4, 0.5) is 6.01 Å². The van der Waals surface area contributed by atoms with Crippen LogP contribution in [0.1, 0.15) is 59.3 Å². The van der Waals surface area contributed by atoms with Crippen molar-refractivity contribution in [3.8, 4) is 0 Å². The Kier molecular flexibility index (Phi) is 4.01. The van der Waals surface area contributed by atoms with Crippen molar-refractivity contribution in [3.63, 3.8) is 0 Å². The lowest BCUT2D eigenvalue weighted by molar-refractivity contribution is -0.132. The standard InChI is InChI=1S/C14H24N4O2/c1-9-11(7-6-8-18(9)10(2)19)12-16-17-13(20-12)15-14(3,4)5/h9,11H,6-8H2,1-5H3,(H,15,17)/t9-,11-/m1/s1. The second-order valence-corrected chi connectivity index (χ2v) is 6.52. The molecule has 2 atom stereocenters. The minimum atomic E-state index is -0.118. The Morgan fingerprint density at radius 3 is 2.70 bits per heavy atom. The molecule has 1 aliphatic heterocycles. The van der Waals surface area contributed by atoms with Gasteiger partial charge in [-0.3, -0.25) is 4.79 Å². The quantitative estimate of drug-likeness (QED) is 0.900. The number of hydrogen-bond acceptors (Lipinski definition) is 5. The van der Waals surface area contributed by atoms with Gasteiger partial charge in [0.2, 0.25) is 11.8 Å². The van der Waals surface area contributed by atoms with Crippen molar-refractivity contribution in [2.45, 2.75) is 65.0 Å².